The van der Waals surface area contributed by atoms with E-state index in [2.05, 4.69) is 43.1 Å². The number of halogens is 3. The number of ether oxygens (including phenoxy) is 1. The Morgan fingerprint density at radius 2 is 1.78 bits per heavy atom. The fourth-order valence-electron chi connectivity index (χ4n) is 3.90. The highest BCUT2D eigenvalue weighted by molar-refractivity contribution is 5.74. The van der Waals surface area contributed by atoms with Gasteiger partial charge in [-0.1, -0.05) is 18.2 Å². The third kappa shape index (κ3) is 6.61. The van der Waals surface area contributed by atoms with Gasteiger partial charge >= 0.3 is 12.4 Å². The third-order valence-electron chi connectivity index (χ3n) is 4.47. The summed E-state index contributed by atoms with van der Waals surface area (Å²) >= 11 is 0. The van der Waals surface area contributed by atoms with Crippen LogP contribution < -0.4 is 15.4 Å². The zero-order valence-electron chi connectivity index (χ0n) is 16.4. The van der Waals surface area contributed by atoms with Crippen molar-refractivity contribution >= 4 is 6.03 Å². The number of carbonyl (C=O) groups is 1. The van der Waals surface area contributed by atoms with Crippen LogP contribution in [0.1, 0.15) is 46.1 Å². The van der Waals surface area contributed by atoms with E-state index in [4.69, 9.17) is 0 Å². The van der Waals surface area contributed by atoms with Gasteiger partial charge in [0, 0.05) is 29.7 Å². The van der Waals surface area contributed by atoms with Crippen LogP contribution >= 0.6 is 0 Å². The van der Waals surface area contributed by atoms with Crippen LogP contribution in [0.25, 0.3) is 0 Å². The molecule has 1 fully saturated rings. The van der Waals surface area contributed by atoms with E-state index in [1.54, 1.807) is 13.1 Å². The molecule has 8 heteroatoms. The van der Waals surface area contributed by atoms with Gasteiger partial charge in [-0.15, -0.1) is 13.2 Å². The fourth-order valence-corrected chi connectivity index (χ4v) is 3.90. The van der Waals surface area contributed by atoms with Crippen LogP contribution in [-0.2, 0) is 6.54 Å². The Morgan fingerprint density at radius 3 is 2.33 bits per heavy atom. The first-order chi connectivity index (χ1) is 12.3. The minimum atomic E-state index is -4.77. The molecule has 0 bridgehead atoms. The highest BCUT2D eigenvalue weighted by Crippen LogP contribution is 2.29. The van der Waals surface area contributed by atoms with Crippen LogP contribution in [0.3, 0.4) is 0 Å². The Balaban J connectivity index is 2.02. The lowest BCUT2D eigenvalue weighted by Crippen LogP contribution is -2.62. The highest BCUT2D eigenvalue weighted by atomic mass is 19.4. The molecule has 1 heterocycles. The number of nitrogens with one attached hydrogen (secondary N) is 2. The molecule has 2 rings (SSSR count). The zero-order valence-corrected chi connectivity index (χ0v) is 16.4. The van der Waals surface area contributed by atoms with Crippen LogP contribution in [0.4, 0.5) is 18.0 Å². The van der Waals surface area contributed by atoms with Crippen molar-refractivity contribution in [1.82, 2.24) is 15.5 Å². The van der Waals surface area contributed by atoms with Crippen molar-refractivity contribution in [3.05, 3.63) is 29.8 Å². The van der Waals surface area contributed by atoms with E-state index < -0.39 is 6.36 Å². The van der Waals surface area contributed by atoms with Gasteiger partial charge in [0.1, 0.15) is 5.75 Å². The molecule has 1 aliphatic rings. The van der Waals surface area contributed by atoms with Gasteiger partial charge in [0.25, 0.3) is 0 Å². The van der Waals surface area contributed by atoms with Gasteiger partial charge in [-0.2, -0.15) is 0 Å². The van der Waals surface area contributed by atoms with Crippen molar-refractivity contribution < 1.29 is 22.7 Å². The summed E-state index contributed by atoms with van der Waals surface area (Å²) in [5.74, 6) is -0.297. The Hall–Kier alpha value is -1.96. The summed E-state index contributed by atoms with van der Waals surface area (Å²) in [5.41, 5.74) is 0.0510. The number of benzene rings is 1. The number of hydrogen-bond acceptors (Lipinski definition) is 3. The standard InChI is InChI=1S/C19H28F3N3O2/c1-17(2)10-14(11-18(3,4)24-17)23-16(26)25(5)12-13-8-6-7-9-15(13)27-19(20,21)22/h6-9,14,24H,10-12H2,1-5H3,(H,23,26). The predicted molar refractivity (Wildman–Crippen MR) is 97.4 cm³/mol. The Labute approximate surface area is 158 Å². The quantitative estimate of drug-likeness (QED) is 0.820. The Kier molecular flexibility index (Phi) is 5.99. The van der Waals surface area contributed by atoms with Gasteiger partial charge in [-0.05, 0) is 46.6 Å². The SMILES string of the molecule is CN(Cc1ccccc1OC(F)(F)F)C(=O)NC1CC(C)(C)NC(C)(C)C1. The summed E-state index contributed by atoms with van der Waals surface area (Å²) in [5, 5.41) is 6.55. The molecule has 152 valence electrons. The third-order valence-corrected chi connectivity index (χ3v) is 4.47. The summed E-state index contributed by atoms with van der Waals surface area (Å²) in [6, 6.07) is 5.49. The first-order valence-corrected chi connectivity index (χ1v) is 8.91. The first kappa shape index (κ1) is 21.3. The number of hydrogen-bond donors (Lipinski definition) is 2. The number of piperidine rings is 1. The second kappa shape index (κ2) is 7.58. The molecule has 0 aromatic heterocycles. The van der Waals surface area contributed by atoms with E-state index in [9.17, 15) is 18.0 Å². The van der Waals surface area contributed by atoms with Crippen LogP contribution in [0, 0.1) is 0 Å². The topological polar surface area (TPSA) is 53.6 Å². The molecule has 1 saturated heterocycles. The molecule has 2 amide bonds. The van der Waals surface area contributed by atoms with Crippen molar-refractivity contribution in [3.8, 4) is 5.75 Å². The molecule has 27 heavy (non-hydrogen) atoms. The maximum atomic E-state index is 12.6. The molecule has 0 saturated carbocycles. The molecule has 1 aliphatic heterocycles. The van der Waals surface area contributed by atoms with Crippen molar-refractivity contribution in [2.75, 3.05) is 7.05 Å². The average Bonchev–Trinajstić information content (AvgIpc) is 2.44. The summed E-state index contributed by atoms with van der Waals surface area (Å²) in [7, 11) is 1.55. The van der Waals surface area contributed by atoms with Crippen LogP contribution in [0.15, 0.2) is 24.3 Å². The van der Waals surface area contributed by atoms with E-state index in [-0.39, 0.29) is 35.4 Å². The summed E-state index contributed by atoms with van der Waals surface area (Å²) in [6.07, 6.45) is -3.24. The second-order valence-electron chi connectivity index (χ2n) is 8.46. The highest BCUT2D eigenvalue weighted by Gasteiger charge is 2.38. The number of para-hydroxylation sites is 1. The second-order valence-corrected chi connectivity index (χ2v) is 8.46. The first-order valence-electron chi connectivity index (χ1n) is 8.91. The lowest BCUT2D eigenvalue weighted by Gasteiger charge is -2.46. The van der Waals surface area contributed by atoms with E-state index in [1.807, 2.05) is 0 Å². The molecule has 2 N–H and O–H groups in total. The average molecular weight is 387 g/mol. The number of alkyl halides is 3. The molecule has 0 unspecified atom stereocenters. The monoisotopic (exact) mass is 387 g/mol. The van der Waals surface area contributed by atoms with Gasteiger partial charge in [0.2, 0.25) is 0 Å². The number of rotatable bonds is 4. The Bertz CT molecular complexity index is 658. The van der Waals surface area contributed by atoms with Gasteiger partial charge in [0.15, 0.2) is 0 Å². The van der Waals surface area contributed by atoms with Gasteiger partial charge < -0.3 is 20.3 Å². The summed E-state index contributed by atoms with van der Waals surface area (Å²) < 4.78 is 41.7. The van der Waals surface area contributed by atoms with Gasteiger partial charge in [-0.25, -0.2) is 4.79 Å². The van der Waals surface area contributed by atoms with Crippen molar-refractivity contribution in [2.24, 2.45) is 0 Å². The lowest BCUT2D eigenvalue weighted by atomic mass is 9.80. The molecule has 0 radical (unpaired) electrons. The maximum Gasteiger partial charge on any atom is 0.573 e. The van der Waals surface area contributed by atoms with Crippen LogP contribution in [0.5, 0.6) is 5.75 Å². The van der Waals surface area contributed by atoms with Gasteiger partial charge in [0.05, 0.1) is 6.54 Å². The molecule has 0 spiro atoms. The smallest absolute Gasteiger partial charge is 0.405 e. The molecule has 5 nitrogen and oxygen atoms in total. The van der Waals surface area contributed by atoms with Crippen molar-refractivity contribution in [1.29, 1.82) is 0 Å². The summed E-state index contributed by atoms with van der Waals surface area (Å²) in [6.45, 7) is 8.35. The van der Waals surface area contributed by atoms with Crippen LogP contribution in [0.2, 0.25) is 0 Å². The summed E-state index contributed by atoms with van der Waals surface area (Å²) in [4.78, 5) is 13.9. The van der Waals surface area contributed by atoms with Crippen LogP contribution in [-0.4, -0.2) is 41.5 Å². The lowest BCUT2D eigenvalue weighted by molar-refractivity contribution is -0.275. The van der Waals surface area contributed by atoms with Gasteiger partial charge in [-0.3, -0.25) is 0 Å². The molecule has 0 atom stereocenters. The largest absolute Gasteiger partial charge is 0.573 e. The molecule has 1 aromatic carbocycles. The predicted octanol–water partition coefficient (Wildman–Crippen LogP) is 4.04. The number of urea groups is 1. The normalized spacial score (nSPS) is 19.4. The zero-order chi connectivity index (χ0) is 20.5. The molecular formula is C19H28F3N3O2. The van der Waals surface area contributed by atoms with E-state index >= 15 is 0 Å². The minimum Gasteiger partial charge on any atom is -0.405 e. The van der Waals surface area contributed by atoms with E-state index in [1.165, 1.54) is 23.1 Å². The maximum absolute atomic E-state index is 12.6. The van der Waals surface area contributed by atoms with E-state index in [0.29, 0.717) is 5.56 Å². The number of amides is 2. The van der Waals surface area contributed by atoms with Crippen molar-refractivity contribution in [2.45, 2.75) is 70.6 Å². The minimum absolute atomic E-state index is 0.00976. The molecule has 0 aliphatic carbocycles. The molecular weight excluding hydrogens is 359 g/mol. The molecule has 1 aromatic rings. The van der Waals surface area contributed by atoms with Crippen molar-refractivity contribution in [3.63, 3.8) is 0 Å². The number of carbonyl (C=O) groups excluding carboxylic acids is 1. The fraction of sp³-hybridized carbons (Fsp3) is 0.632. The Morgan fingerprint density at radius 1 is 1.22 bits per heavy atom. The number of nitrogens with zero attached hydrogens (tertiary/aromatic N) is 1. The van der Waals surface area contributed by atoms with E-state index in [0.717, 1.165) is 12.8 Å².